The summed E-state index contributed by atoms with van der Waals surface area (Å²) in [7, 11) is 0. The number of aromatic nitrogens is 2. The molecule has 0 unspecified atom stereocenters. The molecule has 1 aromatic heterocycles. The van der Waals surface area contributed by atoms with Gasteiger partial charge in [-0.2, -0.15) is 0 Å². The van der Waals surface area contributed by atoms with Crippen LogP contribution >= 0.6 is 0 Å². The van der Waals surface area contributed by atoms with Crippen LogP contribution in [-0.2, 0) is 13.0 Å². The van der Waals surface area contributed by atoms with Crippen molar-refractivity contribution in [2.75, 3.05) is 32.7 Å². The van der Waals surface area contributed by atoms with Gasteiger partial charge in [0.15, 0.2) is 0 Å². The number of benzene rings is 2. The maximum absolute atomic E-state index is 4.86. The molecule has 1 fully saturated rings. The second kappa shape index (κ2) is 8.51. The second-order valence-corrected chi connectivity index (χ2v) is 7.38. The number of hydrogen-bond donors (Lipinski definition) is 1. The van der Waals surface area contributed by atoms with Crippen LogP contribution in [0.25, 0.3) is 11.4 Å². The normalized spacial score (nSPS) is 15.9. The molecule has 0 aliphatic carbocycles. The van der Waals surface area contributed by atoms with Gasteiger partial charge < -0.3 is 9.88 Å². The van der Waals surface area contributed by atoms with E-state index in [9.17, 15) is 0 Å². The van der Waals surface area contributed by atoms with E-state index in [2.05, 4.69) is 76.3 Å². The van der Waals surface area contributed by atoms with Crippen LogP contribution in [0.3, 0.4) is 0 Å². The van der Waals surface area contributed by atoms with E-state index in [-0.39, 0.29) is 0 Å². The highest BCUT2D eigenvalue weighted by atomic mass is 15.3. The number of imidazole rings is 1. The van der Waals surface area contributed by atoms with E-state index in [1.165, 1.54) is 17.0 Å². The number of nitrogens with one attached hydrogen (secondary N) is 1. The van der Waals surface area contributed by atoms with E-state index in [1.54, 1.807) is 0 Å². The van der Waals surface area contributed by atoms with E-state index >= 15 is 0 Å². The minimum Gasteiger partial charge on any atom is -0.342 e. The highest BCUT2D eigenvalue weighted by Crippen LogP contribution is 2.19. The molecule has 27 heavy (non-hydrogen) atoms. The fourth-order valence-electron chi connectivity index (χ4n) is 3.70. The molecule has 1 aliphatic rings. The molecular formula is C23H28N4. The summed E-state index contributed by atoms with van der Waals surface area (Å²) in [5.41, 5.74) is 4.94. The Balaban J connectivity index is 1.29. The van der Waals surface area contributed by atoms with E-state index in [4.69, 9.17) is 4.98 Å². The summed E-state index contributed by atoms with van der Waals surface area (Å²) in [5.74, 6) is 0.976. The Kier molecular flexibility index (Phi) is 5.66. The van der Waals surface area contributed by atoms with Gasteiger partial charge in [0.25, 0.3) is 0 Å². The lowest BCUT2D eigenvalue weighted by molar-refractivity contribution is 0.127. The summed E-state index contributed by atoms with van der Waals surface area (Å²) in [6.07, 6.45) is 1.14. The maximum Gasteiger partial charge on any atom is 0.137 e. The first kappa shape index (κ1) is 18.0. The number of hydrogen-bond acceptors (Lipinski definition) is 3. The fourth-order valence-corrected chi connectivity index (χ4v) is 3.70. The van der Waals surface area contributed by atoms with Gasteiger partial charge in [-0.05, 0) is 18.9 Å². The number of aryl methyl sites for hydroxylation is 1. The second-order valence-electron chi connectivity index (χ2n) is 7.38. The number of aromatic amines is 1. The maximum atomic E-state index is 4.86. The molecule has 0 amide bonds. The highest BCUT2D eigenvalue weighted by Gasteiger charge is 2.19. The van der Waals surface area contributed by atoms with Crippen LogP contribution in [0.2, 0.25) is 0 Å². The highest BCUT2D eigenvalue weighted by molar-refractivity contribution is 5.55. The van der Waals surface area contributed by atoms with Crippen molar-refractivity contribution in [1.29, 1.82) is 0 Å². The Morgan fingerprint density at radius 1 is 0.852 bits per heavy atom. The van der Waals surface area contributed by atoms with Crippen molar-refractivity contribution < 1.29 is 0 Å². The van der Waals surface area contributed by atoms with Crippen LogP contribution < -0.4 is 0 Å². The number of H-pyrrole nitrogens is 1. The van der Waals surface area contributed by atoms with E-state index < -0.39 is 0 Å². The van der Waals surface area contributed by atoms with Crippen LogP contribution in [0.5, 0.6) is 0 Å². The minimum absolute atomic E-state index is 0.932. The Bertz CT molecular complexity index is 833. The molecule has 1 aliphatic heterocycles. The largest absolute Gasteiger partial charge is 0.342 e. The van der Waals surface area contributed by atoms with Gasteiger partial charge in [-0.1, -0.05) is 60.7 Å². The lowest BCUT2D eigenvalue weighted by Gasteiger charge is -2.34. The molecule has 0 bridgehead atoms. The van der Waals surface area contributed by atoms with Crippen molar-refractivity contribution in [3.05, 3.63) is 77.6 Å². The van der Waals surface area contributed by atoms with Crippen molar-refractivity contribution in [3.8, 4) is 11.4 Å². The molecule has 4 rings (SSSR count). The Labute approximate surface area is 161 Å². The van der Waals surface area contributed by atoms with Gasteiger partial charge in [-0.25, -0.2) is 4.98 Å². The third-order valence-electron chi connectivity index (χ3n) is 5.43. The molecule has 1 N–H and O–H groups in total. The molecule has 140 valence electrons. The summed E-state index contributed by atoms with van der Waals surface area (Å²) in [6, 6.07) is 21.2. The van der Waals surface area contributed by atoms with Crippen molar-refractivity contribution in [1.82, 2.24) is 19.8 Å². The van der Waals surface area contributed by atoms with Gasteiger partial charge in [0.1, 0.15) is 5.82 Å². The monoisotopic (exact) mass is 360 g/mol. The summed E-state index contributed by atoms with van der Waals surface area (Å²) < 4.78 is 0. The molecule has 4 heteroatoms. The lowest BCUT2D eigenvalue weighted by atomic mass is 10.1. The average Bonchev–Trinajstić information content (AvgIpc) is 3.09. The smallest absolute Gasteiger partial charge is 0.137 e. The molecule has 0 saturated carbocycles. The molecule has 4 nitrogen and oxygen atoms in total. The first-order valence-corrected chi connectivity index (χ1v) is 9.87. The molecule has 0 spiro atoms. The van der Waals surface area contributed by atoms with E-state index in [0.717, 1.165) is 57.1 Å². The van der Waals surface area contributed by atoms with Crippen LogP contribution in [0.4, 0.5) is 0 Å². The number of rotatable bonds is 6. The quantitative estimate of drug-likeness (QED) is 0.727. The van der Waals surface area contributed by atoms with Gasteiger partial charge >= 0.3 is 0 Å². The Morgan fingerprint density at radius 3 is 2.19 bits per heavy atom. The molecule has 3 aromatic rings. The number of piperazine rings is 1. The molecule has 0 atom stereocenters. The average molecular weight is 361 g/mol. The van der Waals surface area contributed by atoms with Crippen molar-refractivity contribution in [3.63, 3.8) is 0 Å². The zero-order chi connectivity index (χ0) is 18.5. The zero-order valence-corrected chi connectivity index (χ0v) is 16.1. The molecule has 2 aromatic carbocycles. The van der Waals surface area contributed by atoms with Gasteiger partial charge in [0.05, 0.1) is 5.69 Å². The van der Waals surface area contributed by atoms with Crippen LogP contribution in [-0.4, -0.2) is 52.5 Å². The molecule has 0 radical (unpaired) electrons. The van der Waals surface area contributed by atoms with Gasteiger partial charge in [-0.15, -0.1) is 0 Å². The third-order valence-corrected chi connectivity index (χ3v) is 5.43. The molecule has 1 saturated heterocycles. The van der Waals surface area contributed by atoms with Gasteiger partial charge in [-0.3, -0.25) is 4.90 Å². The van der Waals surface area contributed by atoms with E-state index in [1.807, 2.05) is 6.07 Å². The van der Waals surface area contributed by atoms with Crippen molar-refractivity contribution >= 4 is 0 Å². The first-order valence-electron chi connectivity index (χ1n) is 9.87. The predicted molar refractivity (Wildman–Crippen MR) is 111 cm³/mol. The minimum atomic E-state index is 0.932. The topological polar surface area (TPSA) is 35.2 Å². The summed E-state index contributed by atoms with van der Waals surface area (Å²) >= 11 is 0. The molecular weight excluding hydrogens is 332 g/mol. The van der Waals surface area contributed by atoms with Gasteiger partial charge in [0, 0.05) is 50.5 Å². The lowest BCUT2D eigenvalue weighted by Crippen LogP contribution is -2.46. The summed E-state index contributed by atoms with van der Waals surface area (Å²) in [6.45, 7) is 8.72. The summed E-state index contributed by atoms with van der Waals surface area (Å²) in [5, 5.41) is 0. The van der Waals surface area contributed by atoms with Crippen LogP contribution in [0.1, 0.15) is 17.0 Å². The SMILES string of the molecule is Cc1[nH]c(-c2ccccc2)nc1CN1CCN(CCc2ccccc2)CC1. The van der Waals surface area contributed by atoms with Crippen LogP contribution in [0, 0.1) is 6.92 Å². The first-order chi connectivity index (χ1) is 13.3. The van der Waals surface area contributed by atoms with Crippen molar-refractivity contribution in [2.24, 2.45) is 0 Å². The number of nitrogens with zero attached hydrogens (tertiary/aromatic N) is 3. The Morgan fingerprint density at radius 2 is 1.48 bits per heavy atom. The van der Waals surface area contributed by atoms with Crippen molar-refractivity contribution in [2.45, 2.75) is 19.9 Å². The summed E-state index contributed by atoms with van der Waals surface area (Å²) in [4.78, 5) is 13.4. The van der Waals surface area contributed by atoms with E-state index in [0.29, 0.717) is 0 Å². The van der Waals surface area contributed by atoms with Crippen LogP contribution in [0.15, 0.2) is 60.7 Å². The predicted octanol–water partition coefficient (Wildman–Crippen LogP) is 3.75. The fraction of sp³-hybridized carbons (Fsp3) is 0.348. The standard InChI is InChI=1S/C23H28N4/c1-19-22(25-23(24-19)21-10-6-3-7-11-21)18-27-16-14-26(15-17-27)13-12-20-8-4-2-5-9-20/h2-11H,12-18H2,1H3,(H,24,25). The van der Waals surface area contributed by atoms with Gasteiger partial charge in [0.2, 0.25) is 0 Å². The Hall–Kier alpha value is -2.43. The third kappa shape index (κ3) is 4.65. The zero-order valence-electron chi connectivity index (χ0n) is 16.1. The molecule has 2 heterocycles.